The van der Waals surface area contributed by atoms with Crippen LogP contribution in [0.5, 0.6) is 5.75 Å². The van der Waals surface area contributed by atoms with Gasteiger partial charge in [-0.3, -0.25) is 4.79 Å². The molecule has 0 fully saturated rings. The fourth-order valence-electron chi connectivity index (χ4n) is 1.98. The number of hydrogen-bond acceptors (Lipinski definition) is 3. The summed E-state index contributed by atoms with van der Waals surface area (Å²) in [6.45, 7) is -3.28. The van der Waals surface area contributed by atoms with Crippen molar-refractivity contribution in [3.63, 3.8) is 0 Å². The minimum atomic E-state index is -2.97. The van der Waals surface area contributed by atoms with Gasteiger partial charge in [0.15, 0.2) is 0 Å². The molecule has 2 aromatic rings. The Morgan fingerprint density at radius 3 is 2.52 bits per heavy atom. The lowest BCUT2D eigenvalue weighted by Gasteiger charge is -2.17. The van der Waals surface area contributed by atoms with Gasteiger partial charge >= 0.3 is 6.61 Å². The van der Waals surface area contributed by atoms with Crippen LogP contribution in [-0.2, 0) is 0 Å². The van der Waals surface area contributed by atoms with Gasteiger partial charge in [0, 0.05) is 10.6 Å². The van der Waals surface area contributed by atoms with E-state index in [1.165, 1.54) is 24.3 Å². The molecule has 1 amide bonds. The zero-order valence-electron chi connectivity index (χ0n) is 11.9. The molecule has 0 aliphatic rings. The van der Waals surface area contributed by atoms with Crippen molar-refractivity contribution in [3.05, 3.63) is 64.7 Å². The molecule has 4 nitrogen and oxygen atoms in total. The van der Waals surface area contributed by atoms with Gasteiger partial charge < -0.3 is 15.2 Å². The summed E-state index contributed by atoms with van der Waals surface area (Å²) in [4.78, 5) is 12.2. The minimum Gasteiger partial charge on any atom is -0.435 e. The standard InChI is InChI=1S/C16H14ClF2NO3/c17-12-6-4-10(5-7-12)14(9-21)20-15(22)11-2-1-3-13(8-11)23-16(18)19/h1-8,14,16,21H,9H2,(H,20,22). The Bertz CT molecular complexity index is 665. The van der Waals surface area contributed by atoms with Crippen LogP contribution in [-0.4, -0.2) is 24.2 Å². The highest BCUT2D eigenvalue weighted by atomic mass is 35.5. The molecular formula is C16H14ClF2NO3. The molecule has 0 bridgehead atoms. The van der Waals surface area contributed by atoms with E-state index in [0.717, 1.165) is 0 Å². The summed E-state index contributed by atoms with van der Waals surface area (Å²) in [6.07, 6.45) is 0. The molecule has 2 aromatic carbocycles. The van der Waals surface area contributed by atoms with Crippen LogP contribution in [0.25, 0.3) is 0 Å². The van der Waals surface area contributed by atoms with Gasteiger partial charge in [-0.2, -0.15) is 8.78 Å². The van der Waals surface area contributed by atoms with Gasteiger partial charge in [0.1, 0.15) is 5.75 Å². The van der Waals surface area contributed by atoms with Crippen molar-refractivity contribution in [2.24, 2.45) is 0 Å². The van der Waals surface area contributed by atoms with Crippen molar-refractivity contribution in [1.29, 1.82) is 0 Å². The zero-order valence-corrected chi connectivity index (χ0v) is 12.6. The van der Waals surface area contributed by atoms with Crippen LogP contribution in [0.2, 0.25) is 5.02 Å². The lowest BCUT2D eigenvalue weighted by molar-refractivity contribution is -0.0498. The summed E-state index contributed by atoms with van der Waals surface area (Å²) in [5.74, 6) is -0.626. The number of carbonyl (C=O) groups is 1. The maximum absolute atomic E-state index is 12.2. The van der Waals surface area contributed by atoms with Crippen molar-refractivity contribution in [3.8, 4) is 5.75 Å². The van der Waals surface area contributed by atoms with E-state index in [4.69, 9.17) is 11.6 Å². The number of ether oxygens (including phenoxy) is 1. The quantitative estimate of drug-likeness (QED) is 0.846. The summed E-state index contributed by atoms with van der Waals surface area (Å²) < 4.78 is 28.7. The van der Waals surface area contributed by atoms with Crippen molar-refractivity contribution < 1.29 is 23.4 Å². The van der Waals surface area contributed by atoms with Crippen molar-refractivity contribution >= 4 is 17.5 Å². The minimum absolute atomic E-state index is 0.111. The summed E-state index contributed by atoms with van der Waals surface area (Å²) in [5, 5.41) is 12.6. The molecule has 0 saturated heterocycles. The number of nitrogens with one attached hydrogen (secondary N) is 1. The Balaban J connectivity index is 2.11. The molecule has 0 aromatic heterocycles. The molecule has 0 heterocycles. The molecule has 1 unspecified atom stereocenters. The molecule has 122 valence electrons. The van der Waals surface area contributed by atoms with Crippen LogP contribution < -0.4 is 10.1 Å². The number of rotatable bonds is 6. The Morgan fingerprint density at radius 2 is 1.91 bits per heavy atom. The number of amides is 1. The monoisotopic (exact) mass is 341 g/mol. The average Bonchev–Trinajstić information content (AvgIpc) is 2.53. The third kappa shape index (κ3) is 4.91. The van der Waals surface area contributed by atoms with Gasteiger partial charge in [-0.1, -0.05) is 29.8 Å². The third-order valence-corrected chi connectivity index (χ3v) is 3.33. The van der Waals surface area contributed by atoms with E-state index < -0.39 is 18.6 Å². The molecule has 0 aliphatic carbocycles. The number of benzene rings is 2. The second-order valence-corrected chi connectivity index (χ2v) is 5.10. The normalized spacial score (nSPS) is 12.0. The maximum atomic E-state index is 12.2. The highest BCUT2D eigenvalue weighted by molar-refractivity contribution is 6.30. The highest BCUT2D eigenvalue weighted by Crippen LogP contribution is 2.19. The number of halogens is 3. The average molecular weight is 342 g/mol. The molecule has 0 radical (unpaired) electrons. The first kappa shape index (κ1) is 17.2. The van der Waals surface area contributed by atoms with E-state index in [9.17, 15) is 18.7 Å². The highest BCUT2D eigenvalue weighted by Gasteiger charge is 2.16. The van der Waals surface area contributed by atoms with E-state index in [2.05, 4.69) is 10.1 Å². The summed E-state index contributed by atoms with van der Waals surface area (Å²) in [6, 6.07) is 11.4. The molecule has 2 N–H and O–H groups in total. The number of hydrogen-bond donors (Lipinski definition) is 2. The summed E-state index contributed by atoms with van der Waals surface area (Å²) in [5.41, 5.74) is 0.820. The SMILES string of the molecule is O=C(NC(CO)c1ccc(Cl)cc1)c1cccc(OC(F)F)c1. The smallest absolute Gasteiger partial charge is 0.387 e. The fraction of sp³-hybridized carbons (Fsp3) is 0.188. The van der Waals surface area contributed by atoms with E-state index in [-0.39, 0.29) is 17.9 Å². The van der Waals surface area contributed by atoms with Gasteiger partial charge in [-0.05, 0) is 35.9 Å². The van der Waals surface area contributed by atoms with Gasteiger partial charge in [-0.25, -0.2) is 0 Å². The van der Waals surface area contributed by atoms with E-state index >= 15 is 0 Å². The first-order chi connectivity index (χ1) is 11.0. The van der Waals surface area contributed by atoms with Crippen molar-refractivity contribution in [2.75, 3.05) is 6.61 Å². The second kappa shape index (κ2) is 7.89. The molecular weight excluding hydrogens is 328 g/mol. The van der Waals surface area contributed by atoms with Crippen molar-refractivity contribution in [2.45, 2.75) is 12.7 Å². The van der Waals surface area contributed by atoms with Gasteiger partial charge in [0.2, 0.25) is 0 Å². The van der Waals surface area contributed by atoms with E-state index in [1.54, 1.807) is 24.3 Å². The Morgan fingerprint density at radius 1 is 1.22 bits per heavy atom. The number of carbonyl (C=O) groups excluding carboxylic acids is 1. The predicted octanol–water partition coefficient (Wildman–Crippen LogP) is 3.40. The summed E-state index contributed by atoms with van der Waals surface area (Å²) in [7, 11) is 0. The van der Waals surface area contributed by atoms with Crippen LogP contribution in [0.15, 0.2) is 48.5 Å². The zero-order chi connectivity index (χ0) is 16.8. The Hall–Kier alpha value is -2.18. The van der Waals surface area contributed by atoms with Gasteiger partial charge in [0.05, 0.1) is 12.6 Å². The van der Waals surface area contributed by atoms with Crippen LogP contribution in [0.3, 0.4) is 0 Å². The molecule has 1 atom stereocenters. The largest absolute Gasteiger partial charge is 0.435 e. The Kier molecular flexibility index (Phi) is 5.90. The molecule has 2 rings (SSSR count). The van der Waals surface area contributed by atoms with Crippen molar-refractivity contribution in [1.82, 2.24) is 5.32 Å². The van der Waals surface area contributed by atoms with Crippen LogP contribution >= 0.6 is 11.6 Å². The number of alkyl halides is 2. The van der Waals surface area contributed by atoms with Crippen LogP contribution in [0.4, 0.5) is 8.78 Å². The molecule has 0 saturated carbocycles. The maximum Gasteiger partial charge on any atom is 0.387 e. The van der Waals surface area contributed by atoms with Crippen LogP contribution in [0, 0.1) is 0 Å². The first-order valence-electron chi connectivity index (χ1n) is 6.71. The lowest BCUT2D eigenvalue weighted by atomic mass is 10.1. The molecule has 23 heavy (non-hydrogen) atoms. The van der Waals surface area contributed by atoms with E-state index in [1.807, 2.05) is 0 Å². The summed E-state index contributed by atoms with van der Waals surface area (Å²) >= 11 is 5.80. The number of aliphatic hydroxyl groups excluding tert-OH is 1. The van der Waals surface area contributed by atoms with Gasteiger partial charge in [0.25, 0.3) is 5.91 Å². The second-order valence-electron chi connectivity index (χ2n) is 4.67. The third-order valence-electron chi connectivity index (χ3n) is 3.08. The predicted molar refractivity (Wildman–Crippen MR) is 81.8 cm³/mol. The Labute approximate surface area is 136 Å². The van der Waals surface area contributed by atoms with Crippen LogP contribution in [0.1, 0.15) is 22.0 Å². The molecule has 7 heteroatoms. The molecule has 0 aliphatic heterocycles. The molecule has 0 spiro atoms. The van der Waals surface area contributed by atoms with E-state index in [0.29, 0.717) is 10.6 Å². The lowest BCUT2D eigenvalue weighted by Crippen LogP contribution is -2.30. The van der Waals surface area contributed by atoms with Gasteiger partial charge in [-0.15, -0.1) is 0 Å². The fourth-order valence-corrected chi connectivity index (χ4v) is 2.11. The first-order valence-corrected chi connectivity index (χ1v) is 7.09. The number of aliphatic hydroxyl groups is 1. The topological polar surface area (TPSA) is 58.6 Å².